The van der Waals surface area contributed by atoms with Gasteiger partial charge < -0.3 is 14.7 Å². The molecular weight excluding hydrogens is 870 g/mol. The lowest BCUT2D eigenvalue weighted by Gasteiger charge is -2.50. The summed E-state index contributed by atoms with van der Waals surface area (Å²) in [6.45, 7) is 26.3. The van der Waals surface area contributed by atoms with Gasteiger partial charge in [-0.25, -0.2) is 0 Å². The standard InChI is InChI=1S/C68H68BN3/c1-43-37-61-63-62(38-43)71(57-33-27-45(64(2,3)4)39-50(57)44-21-13-12-14-22-44)59-34-28-46(65(5,6)7)40-56(59)69(63)55-32-30-48(72-58-26-18-17-25-54(58)67(10)35-19-20-36-68(67,72)11)42-60(55)70(61)47-29-31-53-51(41-47)49-23-15-16-24-52(49)66(53,8)9/h12-18,21-34,37-42H,19-20,35-36H2,1-11H3. The topological polar surface area (TPSA) is 9.72 Å². The summed E-state index contributed by atoms with van der Waals surface area (Å²) < 4.78 is 0. The highest BCUT2D eigenvalue weighted by Gasteiger charge is 2.58. The highest BCUT2D eigenvalue weighted by atomic mass is 15.3. The van der Waals surface area contributed by atoms with Gasteiger partial charge in [-0.05, 0) is 165 Å². The zero-order valence-electron chi connectivity index (χ0n) is 44.3. The van der Waals surface area contributed by atoms with Gasteiger partial charge in [0.2, 0.25) is 0 Å². The molecule has 72 heavy (non-hydrogen) atoms. The van der Waals surface area contributed by atoms with Crippen LogP contribution in [0.1, 0.15) is 128 Å². The molecule has 3 nitrogen and oxygen atoms in total. The van der Waals surface area contributed by atoms with Crippen LogP contribution in [0.2, 0.25) is 0 Å². The van der Waals surface area contributed by atoms with E-state index >= 15 is 0 Å². The number of nitrogens with zero attached hydrogens (tertiary/aromatic N) is 3. The van der Waals surface area contributed by atoms with Crippen molar-refractivity contribution in [2.45, 2.75) is 129 Å². The van der Waals surface area contributed by atoms with E-state index in [9.17, 15) is 0 Å². The van der Waals surface area contributed by atoms with E-state index < -0.39 is 0 Å². The molecule has 0 spiro atoms. The smallest absolute Gasteiger partial charge is 0.252 e. The second-order valence-electron chi connectivity index (χ2n) is 25.0. The molecule has 13 rings (SSSR count). The summed E-state index contributed by atoms with van der Waals surface area (Å²) in [4.78, 5) is 8.06. The molecular formula is C68H68BN3. The maximum absolute atomic E-state index is 2.76. The molecule has 8 aromatic carbocycles. The van der Waals surface area contributed by atoms with Gasteiger partial charge >= 0.3 is 0 Å². The monoisotopic (exact) mass is 938 g/mol. The third kappa shape index (κ3) is 6.29. The number of fused-ring (bicyclic) bond motifs is 10. The Morgan fingerprint density at radius 3 is 1.82 bits per heavy atom. The van der Waals surface area contributed by atoms with Crippen LogP contribution in [0.4, 0.5) is 45.5 Å². The molecule has 0 aromatic heterocycles. The van der Waals surface area contributed by atoms with Gasteiger partial charge in [0, 0.05) is 56.2 Å². The summed E-state index contributed by atoms with van der Waals surface area (Å²) in [5.41, 5.74) is 27.3. The number of rotatable bonds is 4. The number of hydrogen-bond acceptors (Lipinski definition) is 3. The second kappa shape index (κ2) is 15.4. The van der Waals surface area contributed by atoms with Crippen LogP contribution >= 0.6 is 0 Å². The fraction of sp³-hybridized carbons (Fsp3) is 0.294. The number of hydrogen-bond donors (Lipinski definition) is 0. The van der Waals surface area contributed by atoms with Crippen LogP contribution < -0.4 is 31.1 Å². The lowest BCUT2D eigenvalue weighted by Crippen LogP contribution is -2.61. The number of aryl methyl sites for hydroxylation is 1. The molecule has 0 N–H and O–H groups in total. The summed E-state index contributed by atoms with van der Waals surface area (Å²) in [6.07, 6.45) is 4.87. The van der Waals surface area contributed by atoms with Crippen LogP contribution in [0.3, 0.4) is 0 Å². The SMILES string of the molecule is Cc1cc2c3c(c1)N(c1ccc(C(C)(C)C)cc1-c1ccccc1)c1ccc(C(C)(C)C)cc1B3c1ccc(N3c4ccccc4C4(C)CCCCC34C)cc1N2c1ccc2c(c1)-c1ccccc1C2(C)C. The van der Waals surface area contributed by atoms with E-state index in [2.05, 4.69) is 255 Å². The van der Waals surface area contributed by atoms with E-state index in [1.165, 1.54) is 137 Å². The molecule has 2 unspecified atom stereocenters. The first-order valence-corrected chi connectivity index (χ1v) is 26.8. The minimum absolute atomic E-state index is 0.00559. The molecule has 0 bridgehead atoms. The van der Waals surface area contributed by atoms with Crippen LogP contribution in [-0.2, 0) is 21.7 Å². The van der Waals surface area contributed by atoms with Crippen molar-refractivity contribution in [1.29, 1.82) is 0 Å². The van der Waals surface area contributed by atoms with Gasteiger partial charge in [0.25, 0.3) is 6.71 Å². The first kappa shape index (κ1) is 45.1. The lowest BCUT2D eigenvalue weighted by atomic mass is 9.33. The molecule has 1 fully saturated rings. The van der Waals surface area contributed by atoms with Crippen LogP contribution in [0.15, 0.2) is 164 Å². The minimum Gasteiger partial charge on any atom is -0.334 e. The molecule has 2 atom stereocenters. The normalized spacial score (nSPS) is 20.0. The quantitative estimate of drug-likeness (QED) is 0.163. The van der Waals surface area contributed by atoms with Gasteiger partial charge in [-0.1, -0.05) is 178 Å². The zero-order valence-corrected chi connectivity index (χ0v) is 44.3. The van der Waals surface area contributed by atoms with E-state index in [1.54, 1.807) is 0 Å². The molecule has 8 aromatic rings. The van der Waals surface area contributed by atoms with Crippen molar-refractivity contribution in [1.82, 2.24) is 0 Å². The van der Waals surface area contributed by atoms with Gasteiger partial charge in [0.1, 0.15) is 0 Å². The summed E-state index contributed by atoms with van der Waals surface area (Å²) in [7, 11) is 0. The summed E-state index contributed by atoms with van der Waals surface area (Å²) in [5, 5.41) is 0. The summed E-state index contributed by atoms with van der Waals surface area (Å²) >= 11 is 0. The van der Waals surface area contributed by atoms with Crippen molar-refractivity contribution in [2.24, 2.45) is 0 Å². The summed E-state index contributed by atoms with van der Waals surface area (Å²) in [6, 6.07) is 64.1. The first-order chi connectivity index (χ1) is 34.4. The molecule has 5 aliphatic rings. The molecule has 1 saturated carbocycles. The fourth-order valence-corrected chi connectivity index (χ4v) is 14.3. The average Bonchev–Trinajstić information content (AvgIpc) is 3.72. The van der Waals surface area contributed by atoms with E-state index in [1.807, 2.05) is 0 Å². The fourth-order valence-electron chi connectivity index (χ4n) is 14.3. The molecule has 0 amide bonds. The van der Waals surface area contributed by atoms with E-state index in [-0.39, 0.29) is 33.9 Å². The Bertz CT molecular complexity index is 3550. The second-order valence-corrected chi connectivity index (χ2v) is 25.0. The zero-order chi connectivity index (χ0) is 49.9. The van der Waals surface area contributed by atoms with Gasteiger partial charge in [0.15, 0.2) is 0 Å². The van der Waals surface area contributed by atoms with Crippen LogP contribution in [0, 0.1) is 6.92 Å². The van der Waals surface area contributed by atoms with E-state index in [0.29, 0.717) is 0 Å². The van der Waals surface area contributed by atoms with Gasteiger partial charge in [-0.3, -0.25) is 0 Å². The van der Waals surface area contributed by atoms with Crippen molar-refractivity contribution < 1.29 is 0 Å². The maximum Gasteiger partial charge on any atom is 0.252 e. The number of benzene rings is 8. The molecule has 0 saturated heterocycles. The first-order valence-electron chi connectivity index (χ1n) is 26.8. The summed E-state index contributed by atoms with van der Waals surface area (Å²) in [5.74, 6) is 0. The van der Waals surface area contributed by atoms with Crippen molar-refractivity contribution in [3.05, 3.63) is 197 Å². The third-order valence-electron chi connectivity index (χ3n) is 18.3. The van der Waals surface area contributed by atoms with E-state index in [0.717, 1.165) is 6.42 Å². The Kier molecular flexibility index (Phi) is 9.63. The molecule has 358 valence electrons. The predicted octanol–water partition coefficient (Wildman–Crippen LogP) is 16.4. The average molecular weight is 938 g/mol. The van der Waals surface area contributed by atoms with Gasteiger partial charge in [0.05, 0.1) is 11.2 Å². The van der Waals surface area contributed by atoms with Gasteiger partial charge in [-0.2, -0.15) is 0 Å². The lowest BCUT2D eigenvalue weighted by molar-refractivity contribution is 0.195. The van der Waals surface area contributed by atoms with Crippen LogP contribution in [0.5, 0.6) is 0 Å². The molecule has 3 heterocycles. The minimum atomic E-state index is -0.0930. The van der Waals surface area contributed by atoms with Crippen molar-refractivity contribution >= 4 is 68.6 Å². The van der Waals surface area contributed by atoms with Crippen molar-refractivity contribution in [2.75, 3.05) is 14.7 Å². The van der Waals surface area contributed by atoms with Crippen LogP contribution in [0.25, 0.3) is 22.3 Å². The molecule has 3 aliphatic heterocycles. The Labute approximate surface area is 429 Å². The Morgan fingerprint density at radius 1 is 0.444 bits per heavy atom. The largest absolute Gasteiger partial charge is 0.334 e. The molecule has 0 radical (unpaired) electrons. The van der Waals surface area contributed by atoms with Crippen LogP contribution in [-0.4, -0.2) is 12.3 Å². The number of para-hydroxylation sites is 1. The van der Waals surface area contributed by atoms with Gasteiger partial charge in [-0.15, -0.1) is 0 Å². The molecule has 4 heteroatoms. The Morgan fingerprint density at radius 2 is 1.07 bits per heavy atom. The van der Waals surface area contributed by atoms with Crippen molar-refractivity contribution in [3.63, 3.8) is 0 Å². The highest BCUT2D eigenvalue weighted by Crippen LogP contribution is 2.61. The Hall–Kier alpha value is -6.78. The molecule has 2 aliphatic carbocycles. The van der Waals surface area contributed by atoms with Crippen molar-refractivity contribution in [3.8, 4) is 22.3 Å². The number of anilines is 8. The third-order valence-corrected chi connectivity index (χ3v) is 18.3. The maximum atomic E-state index is 2.76. The predicted molar refractivity (Wildman–Crippen MR) is 308 cm³/mol. The van der Waals surface area contributed by atoms with E-state index in [4.69, 9.17) is 0 Å². The Balaban J connectivity index is 1.11. The highest BCUT2D eigenvalue weighted by molar-refractivity contribution is 7.00.